The van der Waals surface area contributed by atoms with Crippen molar-refractivity contribution in [2.24, 2.45) is 0 Å². The molecule has 7 nitrogen and oxygen atoms in total. The van der Waals surface area contributed by atoms with Gasteiger partial charge in [0.2, 0.25) is 5.89 Å². The van der Waals surface area contributed by atoms with Gasteiger partial charge in [-0.2, -0.15) is 4.98 Å². The van der Waals surface area contributed by atoms with Crippen molar-refractivity contribution in [3.8, 4) is 0 Å². The van der Waals surface area contributed by atoms with E-state index < -0.39 is 0 Å². The number of rotatable bonds is 6. The van der Waals surface area contributed by atoms with Gasteiger partial charge in [0.25, 0.3) is 0 Å². The molecule has 1 aromatic carbocycles. The van der Waals surface area contributed by atoms with E-state index in [1.54, 1.807) is 7.11 Å². The molecule has 0 saturated carbocycles. The van der Waals surface area contributed by atoms with Crippen LogP contribution in [0.3, 0.4) is 0 Å². The van der Waals surface area contributed by atoms with Gasteiger partial charge in [-0.25, -0.2) is 0 Å². The quantitative estimate of drug-likeness (QED) is 0.739. The van der Waals surface area contributed by atoms with Crippen LogP contribution in [-0.4, -0.2) is 53.9 Å². The van der Waals surface area contributed by atoms with E-state index in [2.05, 4.69) is 10.1 Å². The number of piperidine rings is 1. The smallest absolute Gasteiger partial charge is 0.323 e. The molecule has 1 aromatic heterocycles. The number of benzene rings is 1. The van der Waals surface area contributed by atoms with Gasteiger partial charge >= 0.3 is 5.97 Å². The van der Waals surface area contributed by atoms with Gasteiger partial charge in [-0.05, 0) is 18.4 Å². The Morgan fingerprint density at radius 1 is 1.32 bits per heavy atom. The fraction of sp³-hybridized carbons (Fsp3) is 0.500. The van der Waals surface area contributed by atoms with Crippen molar-refractivity contribution >= 4 is 5.97 Å². The molecule has 0 aliphatic carbocycles. The molecule has 25 heavy (non-hydrogen) atoms. The van der Waals surface area contributed by atoms with Gasteiger partial charge < -0.3 is 14.0 Å². The normalized spacial score (nSPS) is 21.2. The maximum absolute atomic E-state index is 12.1. The lowest BCUT2D eigenvalue weighted by Gasteiger charge is -2.36. The molecule has 0 spiro atoms. The number of aromatic nitrogens is 2. The summed E-state index contributed by atoms with van der Waals surface area (Å²) in [6.45, 7) is 1.15. The molecular weight excluding hydrogens is 322 g/mol. The molecule has 2 aromatic rings. The number of carbonyl (C=O) groups excluding carboxylic acids is 1. The third-order valence-electron chi connectivity index (χ3n) is 4.53. The topological polar surface area (TPSA) is 77.7 Å². The number of methoxy groups -OCH3 is 2. The minimum atomic E-state index is -0.354. The maximum Gasteiger partial charge on any atom is 0.323 e. The Kier molecular flexibility index (Phi) is 5.78. The Morgan fingerprint density at radius 2 is 2.12 bits per heavy atom. The number of hydrogen-bond donors (Lipinski definition) is 0. The first-order valence-corrected chi connectivity index (χ1v) is 8.39. The molecule has 1 aliphatic heterocycles. The Hall–Kier alpha value is -2.25. The highest BCUT2D eigenvalue weighted by Crippen LogP contribution is 2.22. The van der Waals surface area contributed by atoms with Gasteiger partial charge in [0, 0.05) is 20.1 Å². The second-order valence-electron chi connectivity index (χ2n) is 6.16. The SMILES string of the molecule is COC(=O)[C@H]1C[C@H](OC)CCN1Cc1nc(Cc2ccccc2)no1. The summed E-state index contributed by atoms with van der Waals surface area (Å²) in [6.07, 6.45) is 2.15. The van der Waals surface area contributed by atoms with Crippen molar-refractivity contribution in [2.75, 3.05) is 20.8 Å². The molecule has 2 atom stereocenters. The number of esters is 1. The lowest BCUT2D eigenvalue weighted by Crippen LogP contribution is -2.49. The predicted octanol–water partition coefficient (Wildman–Crippen LogP) is 1.81. The summed E-state index contributed by atoms with van der Waals surface area (Å²) in [7, 11) is 3.07. The Labute approximate surface area is 146 Å². The molecule has 0 radical (unpaired) electrons. The second-order valence-corrected chi connectivity index (χ2v) is 6.16. The standard InChI is InChI=1S/C18H23N3O4/c1-23-14-8-9-21(15(11-14)18(22)24-2)12-17-19-16(20-25-17)10-13-6-4-3-5-7-13/h3-7,14-15H,8-12H2,1-2H3/t14-,15-/m1/s1. The van der Waals surface area contributed by atoms with Crippen LogP contribution in [0.2, 0.25) is 0 Å². The molecule has 7 heteroatoms. The average molecular weight is 345 g/mol. The minimum Gasteiger partial charge on any atom is -0.468 e. The first-order valence-electron chi connectivity index (χ1n) is 8.39. The van der Waals surface area contributed by atoms with Crippen LogP contribution in [0.1, 0.15) is 30.1 Å². The van der Waals surface area contributed by atoms with E-state index in [1.165, 1.54) is 7.11 Å². The highest BCUT2D eigenvalue weighted by atomic mass is 16.5. The van der Waals surface area contributed by atoms with Crippen LogP contribution in [0.4, 0.5) is 0 Å². The first-order chi connectivity index (χ1) is 12.2. The Balaban J connectivity index is 1.65. The summed E-state index contributed by atoms with van der Waals surface area (Å²) in [4.78, 5) is 18.6. The predicted molar refractivity (Wildman–Crippen MR) is 89.8 cm³/mol. The minimum absolute atomic E-state index is 0.0664. The van der Waals surface area contributed by atoms with Crippen molar-refractivity contribution in [3.05, 3.63) is 47.6 Å². The molecule has 3 rings (SSSR count). The van der Waals surface area contributed by atoms with Crippen molar-refractivity contribution in [1.29, 1.82) is 0 Å². The summed E-state index contributed by atoms with van der Waals surface area (Å²) < 4.78 is 15.7. The molecule has 1 aliphatic rings. The summed E-state index contributed by atoms with van der Waals surface area (Å²) in [5.74, 6) is 0.893. The second kappa shape index (κ2) is 8.22. The van der Waals surface area contributed by atoms with Crippen LogP contribution in [0.5, 0.6) is 0 Å². The zero-order valence-electron chi connectivity index (χ0n) is 14.6. The van der Waals surface area contributed by atoms with E-state index in [1.807, 2.05) is 35.2 Å². The Bertz CT molecular complexity index is 689. The van der Waals surface area contributed by atoms with Gasteiger partial charge in [0.05, 0.1) is 19.8 Å². The van der Waals surface area contributed by atoms with Gasteiger partial charge in [0.1, 0.15) is 6.04 Å². The molecule has 2 heterocycles. The van der Waals surface area contributed by atoms with Crippen LogP contribution in [0, 0.1) is 0 Å². The number of carbonyl (C=O) groups is 1. The number of hydrogen-bond acceptors (Lipinski definition) is 7. The van der Waals surface area contributed by atoms with Crippen molar-refractivity contribution in [3.63, 3.8) is 0 Å². The van der Waals surface area contributed by atoms with E-state index >= 15 is 0 Å². The highest BCUT2D eigenvalue weighted by molar-refractivity contribution is 5.75. The lowest BCUT2D eigenvalue weighted by atomic mass is 9.99. The van der Waals surface area contributed by atoms with Gasteiger partial charge in [-0.1, -0.05) is 35.5 Å². The van der Waals surface area contributed by atoms with Crippen LogP contribution in [-0.2, 0) is 27.2 Å². The molecule has 0 N–H and O–H groups in total. The van der Waals surface area contributed by atoms with Crippen molar-refractivity contribution in [1.82, 2.24) is 15.0 Å². The van der Waals surface area contributed by atoms with E-state index in [-0.39, 0.29) is 18.1 Å². The fourth-order valence-electron chi connectivity index (χ4n) is 3.14. The third kappa shape index (κ3) is 4.43. The summed E-state index contributed by atoms with van der Waals surface area (Å²) >= 11 is 0. The van der Waals surface area contributed by atoms with Crippen LogP contribution < -0.4 is 0 Å². The maximum atomic E-state index is 12.1. The van der Waals surface area contributed by atoms with Crippen molar-refractivity contribution in [2.45, 2.75) is 38.0 Å². The Morgan fingerprint density at radius 3 is 2.84 bits per heavy atom. The van der Waals surface area contributed by atoms with E-state index in [9.17, 15) is 4.79 Å². The van der Waals surface area contributed by atoms with E-state index in [0.717, 1.165) is 12.0 Å². The summed E-state index contributed by atoms with van der Waals surface area (Å²) in [6, 6.07) is 9.64. The van der Waals surface area contributed by atoms with E-state index in [4.69, 9.17) is 14.0 Å². The molecule has 0 unspecified atom stereocenters. The summed E-state index contributed by atoms with van der Waals surface area (Å²) in [5.41, 5.74) is 1.13. The highest BCUT2D eigenvalue weighted by Gasteiger charge is 2.35. The number of likely N-dealkylation sites (tertiary alicyclic amines) is 1. The number of ether oxygens (including phenoxy) is 2. The van der Waals surface area contributed by atoms with Crippen LogP contribution in [0.15, 0.2) is 34.9 Å². The van der Waals surface area contributed by atoms with Crippen LogP contribution >= 0.6 is 0 Å². The molecule has 1 saturated heterocycles. The molecule has 134 valence electrons. The molecule has 1 fully saturated rings. The zero-order chi connectivity index (χ0) is 17.6. The van der Waals surface area contributed by atoms with E-state index in [0.29, 0.717) is 37.6 Å². The largest absolute Gasteiger partial charge is 0.468 e. The molecule has 0 amide bonds. The number of nitrogens with zero attached hydrogens (tertiary/aromatic N) is 3. The van der Waals surface area contributed by atoms with Crippen molar-refractivity contribution < 1.29 is 18.8 Å². The zero-order valence-corrected chi connectivity index (χ0v) is 14.6. The van der Waals surface area contributed by atoms with Gasteiger partial charge in [0.15, 0.2) is 5.82 Å². The van der Waals surface area contributed by atoms with Gasteiger partial charge in [-0.3, -0.25) is 9.69 Å². The van der Waals surface area contributed by atoms with Gasteiger partial charge in [-0.15, -0.1) is 0 Å². The third-order valence-corrected chi connectivity index (χ3v) is 4.53. The molecule has 0 bridgehead atoms. The first kappa shape index (κ1) is 17.6. The monoisotopic (exact) mass is 345 g/mol. The van der Waals surface area contributed by atoms with Crippen LogP contribution in [0.25, 0.3) is 0 Å². The average Bonchev–Trinajstić information content (AvgIpc) is 3.09. The fourth-order valence-corrected chi connectivity index (χ4v) is 3.14. The summed E-state index contributed by atoms with van der Waals surface area (Å²) in [5, 5.41) is 4.04. The molecular formula is C18H23N3O4. The lowest BCUT2D eigenvalue weighted by molar-refractivity contribution is -0.151.